The fourth-order valence-corrected chi connectivity index (χ4v) is 5.83. The highest BCUT2D eigenvalue weighted by atomic mass is 35.5. The molecule has 200 valence electrons. The quantitative estimate of drug-likeness (QED) is 0.195. The number of carbonyl (C=O) groups is 1. The monoisotopic (exact) mass is 566 g/mol. The lowest BCUT2D eigenvalue weighted by molar-refractivity contribution is -0.119. The molecule has 0 aliphatic heterocycles. The van der Waals surface area contributed by atoms with Gasteiger partial charge in [-0.25, -0.2) is 0 Å². The summed E-state index contributed by atoms with van der Waals surface area (Å²) in [5.74, 6) is 2.35. The van der Waals surface area contributed by atoms with Gasteiger partial charge in [-0.3, -0.25) is 9.36 Å². The third-order valence-electron chi connectivity index (χ3n) is 6.85. The van der Waals surface area contributed by atoms with E-state index in [1.807, 2.05) is 89.5 Å². The summed E-state index contributed by atoms with van der Waals surface area (Å²) >= 11 is 7.50. The van der Waals surface area contributed by atoms with Gasteiger partial charge in [0.05, 0.1) is 11.8 Å². The Kier molecular flexibility index (Phi) is 7.84. The first-order chi connectivity index (χ1) is 19.6. The van der Waals surface area contributed by atoms with E-state index in [0.717, 1.165) is 42.0 Å². The van der Waals surface area contributed by atoms with E-state index >= 15 is 0 Å². The average molecular weight is 567 g/mol. The Labute approximate surface area is 242 Å². The molecule has 6 nitrogen and oxygen atoms in total. The smallest absolute Gasteiger partial charge is 0.230 e. The van der Waals surface area contributed by atoms with Gasteiger partial charge in [0, 0.05) is 16.3 Å². The second-order valence-electron chi connectivity index (χ2n) is 9.56. The Morgan fingerprint density at radius 3 is 2.42 bits per heavy atom. The molecule has 0 fully saturated rings. The lowest BCUT2D eigenvalue weighted by Crippen LogP contribution is -2.32. The van der Waals surface area contributed by atoms with E-state index < -0.39 is 0 Å². The van der Waals surface area contributed by atoms with Crippen molar-refractivity contribution in [1.29, 1.82) is 0 Å². The number of thioether (sulfide) groups is 1. The van der Waals surface area contributed by atoms with Crippen LogP contribution in [0.2, 0.25) is 5.02 Å². The zero-order chi connectivity index (χ0) is 27.3. The molecule has 6 rings (SSSR count). The molecule has 1 unspecified atom stereocenters. The number of fused-ring (bicyclic) bond motifs is 1. The zero-order valence-corrected chi connectivity index (χ0v) is 23.2. The van der Waals surface area contributed by atoms with Crippen LogP contribution in [0.5, 0.6) is 11.5 Å². The van der Waals surface area contributed by atoms with Crippen molar-refractivity contribution in [3.63, 3.8) is 0 Å². The molecule has 1 aliphatic carbocycles. The van der Waals surface area contributed by atoms with Gasteiger partial charge in [0.15, 0.2) is 11.0 Å². The summed E-state index contributed by atoms with van der Waals surface area (Å²) in [5, 5.41) is 13.5. The van der Waals surface area contributed by atoms with Crippen molar-refractivity contribution in [1.82, 2.24) is 20.1 Å². The van der Waals surface area contributed by atoms with Crippen LogP contribution in [-0.4, -0.2) is 26.4 Å². The number of amides is 1. The zero-order valence-electron chi connectivity index (χ0n) is 21.7. The van der Waals surface area contributed by atoms with Crippen molar-refractivity contribution >= 4 is 29.3 Å². The number of halogens is 1. The molecule has 5 aromatic rings. The van der Waals surface area contributed by atoms with Crippen LogP contribution < -0.4 is 10.1 Å². The highest BCUT2D eigenvalue weighted by Crippen LogP contribution is 2.32. The summed E-state index contributed by atoms with van der Waals surface area (Å²) in [6.45, 7) is 0. The summed E-state index contributed by atoms with van der Waals surface area (Å²) in [6, 6.07) is 33.3. The minimum absolute atomic E-state index is 0.0269. The second-order valence-corrected chi connectivity index (χ2v) is 10.9. The summed E-state index contributed by atoms with van der Waals surface area (Å²) in [6.07, 6.45) is 3.07. The van der Waals surface area contributed by atoms with Crippen LogP contribution in [0, 0.1) is 0 Å². The first-order valence-corrected chi connectivity index (χ1v) is 14.5. The fraction of sp³-hybridized carbons (Fsp3) is 0.156. The summed E-state index contributed by atoms with van der Waals surface area (Å²) in [4.78, 5) is 13.1. The molecule has 4 aromatic carbocycles. The van der Waals surface area contributed by atoms with Gasteiger partial charge in [-0.05, 0) is 91.1 Å². The number of hydrogen-bond acceptors (Lipinski definition) is 5. The van der Waals surface area contributed by atoms with Crippen molar-refractivity contribution in [2.24, 2.45) is 0 Å². The Hall–Kier alpha value is -4.07. The highest BCUT2D eigenvalue weighted by molar-refractivity contribution is 7.99. The van der Waals surface area contributed by atoms with E-state index in [1.165, 1.54) is 22.9 Å². The predicted molar refractivity (Wildman–Crippen MR) is 159 cm³/mol. The Morgan fingerprint density at radius 1 is 0.900 bits per heavy atom. The third kappa shape index (κ3) is 5.91. The second kappa shape index (κ2) is 12.0. The topological polar surface area (TPSA) is 69.0 Å². The van der Waals surface area contributed by atoms with Crippen LogP contribution in [0.15, 0.2) is 108 Å². The van der Waals surface area contributed by atoms with E-state index in [4.69, 9.17) is 16.3 Å². The van der Waals surface area contributed by atoms with Gasteiger partial charge < -0.3 is 10.1 Å². The average Bonchev–Trinajstić information content (AvgIpc) is 3.41. The van der Waals surface area contributed by atoms with Crippen molar-refractivity contribution in [3.05, 3.63) is 119 Å². The molecule has 0 saturated carbocycles. The first-order valence-electron chi connectivity index (χ1n) is 13.2. The summed E-state index contributed by atoms with van der Waals surface area (Å²) in [7, 11) is 0. The van der Waals surface area contributed by atoms with Gasteiger partial charge in [-0.1, -0.05) is 65.8 Å². The molecular weight excluding hydrogens is 540 g/mol. The van der Waals surface area contributed by atoms with Crippen LogP contribution in [-0.2, 0) is 11.2 Å². The third-order valence-corrected chi connectivity index (χ3v) is 8.03. The van der Waals surface area contributed by atoms with Crippen LogP contribution in [0.4, 0.5) is 0 Å². The molecular formula is C32H27ClN4O2S. The molecule has 0 saturated heterocycles. The summed E-state index contributed by atoms with van der Waals surface area (Å²) in [5.41, 5.74) is 4.27. The minimum atomic E-state index is -0.0269. The molecule has 1 atom stereocenters. The van der Waals surface area contributed by atoms with Crippen LogP contribution >= 0.6 is 23.4 Å². The number of nitrogens with one attached hydrogen (secondary N) is 1. The van der Waals surface area contributed by atoms with Gasteiger partial charge in [0.25, 0.3) is 0 Å². The number of rotatable bonds is 8. The molecule has 1 N–H and O–H groups in total. The maximum absolute atomic E-state index is 13.1. The molecule has 0 radical (unpaired) electrons. The van der Waals surface area contributed by atoms with Crippen LogP contribution in [0.25, 0.3) is 17.1 Å². The van der Waals surface area contributed by atoms with Gasteiger partial charge in [-0.2, -0.15) is 0 Å². The Morgan fingerprint density at radius 2 is 1.62 bits per heavy atom. The molecule has 0 bridgehead atoms. The highest BCUT2D eigenvalue weighted by Gasteiger charge is 2.22. The van der Waals surface area contributed by atoms with Gasteiger partial charge >= 0.3 is 0 Å². The van der Waals surface area contributed by atoms with E-state index in [0.29, 0.717) is 16.0 Å². The maximum atomic E-state index is 13.1. The van der Waals surface area contributed by atoms with Gasteiger partial charge in [0.2, 0.25) is 5.91 Å². The molecule has 1 aromatic heterocycles. The number of nitrogens with zero attached hydrogens (tertiary/aromatic N) is 3. The SMILES string of the molecule is O=C(CSc1nnc(-c2ccc(Cl)cc2)n1-c1ccc(Oc2ccccc2)cc1)NC1CCCc2ccccc21. The fourth-order valence-electron chi connectivity index (χ4n) is 4.94. The number of aryl methyl sites for hydroxylation is 1. The Bertz CT molecular complexity index is 1600. The molecule has 8 heteroatoms. The maximum Gasteiger partial charge on any atom is 0.230 e. The van der Waals surface area contributed by atoms with Gasteiger partial charge in [-0.15, -0.1) is 10.2 Å². The van der Waals surface area contributed by atoms with Crippen molar-refractivity contribution < 1.29 is 9.53 Å². The van der Waals surface area contributed by atoms with Crippen LogP contribution in [0.1, 0.15) is 30.0 Å². The van der Waals surface area contributed by atoms with E-state index in [9.17, 15) is 4.79 Å². The summed E-state index contributed by atoms with van der Waals surface area (Å²) < 4.78 is 7.93. The lowest BCUT2D eigenvalue weighted by atomic mass is 9.88. The standard InChI is InChI=1S/C32H27ClN4O2S/c33-24-15-13-23(14-16-24)31-35-36-32(37(31)25-17-19-27(20-18-25)39-26-9-2-1-3-10-26)40-21-30(38)34-29-12-6-8-22-7-4-5-11-28(22)29/h1-5,7,9-11,13-20,29H,6,8,12,21H2,(H,34,38). The van der Waals surface area contributed by atoms with E-state index in [2.05, 4.69) is 33.7 Å². The normalized spacial score (nSPS) is 14.4. The van der Waals surface area contributed by atoms with Crippen molar-refractivity contribution in [3.8, 4) is 28.6 Å². The van der Waals surface area contributed by atoms with Crippen LogP contribution in [0.3, 0.4) is 0 Å². The number of aromatic nitrogens is 3. The first kappa shape index (κ1) is 26.2. The minimum Gasteiger partial charge on any atom is -0.457 e. The van der Waals surface area contributed by atoms with E-state index in [-0.39, 0.29) is 17.7 Å². The number of hydrogen-bond donors (Lipinski definition) is 1. The number of para-hydroxylation sites is 1. The number of carbonyl (C=O) groups excluding carboxylic acids is 1. The van der Waals surface area contributed by atoms with Crippen molar-refractivity contribution in [2.75, 3.05) is 5.75 Å². The molecule has 1 heterocycles. The number of ether oxygens (including phenoxy) is 1. The molecule has 40 heavy (non-hydrogen) atoms. The van der Waals surface area contributed by atoms with Gasteiger partial charge in [0.1, 0.15) is 11.5 Å². The Balaban J connectivity index is 1.23. The lowest BCUT2D eigenvalue weighted by Gasteiger charge is -2.26. The largest absolute Gasteiger partial charge is 0.457 e. The molecule has 0 spiro atoms. The van der Waals surface area contributed by atoms with Crippen molar-refractivity contribution in [2.45, 2.75) is 30.5 Å². The predicted octanol–water partition coefficient (Wildman–Crippen LogP) is 7.67. The molecule has 1 amide bonds. The van der Waals surface area contributed by atoms with E-state index in [1.54, 1.807) is 0 Å². The molecule has 1 aliphatic rings. The number of benzene rings is 4.